The molecule has 1 N–H and O–H groups in total. The van der Waals surface area contributed by atoms with Crippen molar-refractivity contribution >= 4 is 38.9 Å². The van der Waals surface area contributed by atoms with Crippen molar-refractivity contribution in [2.75, 3.05) is 40.5 Å². The first kappa shape index (κ1) is 20.2. The van der Waals surface area contributed by atoms with Crippen molar-refractivity contribution in [2.24, 2.45) is 5.92 Å². The highest BCUT2D eigenvalue weighted by Crippen LogP contribution is 2.29. The Morgan fingerprint density at radius 1 is 1.13 bits per heavy atom. The molecule has 8 nitrogen and oxygen atoms in total. The molecule has 1 atom stereocenters. The highest BCUT2D eigenvalue weighted by atomic mass is 32.2. The van der Waals surface area contributed by atoms with Crippen LogP contribution in [-0.2, 0) is 19.6 Å². The van der Waals surface area contributed by atoms with Crippen LogP contribution in [0.15, 0.2) is 48.5 Å². The minimum absolute atomic E-state index is 0.113. The molecule has 2 saturated heterocycles. The molecule has 2 aromatic carbocycles. The van der Waals surface area contributed by atoms with E-state index in [2.05, 4.69) is 5.32 Å². The van der Waals surface area contributed by atoms with E-state index in [0.717, 1.165) is 0 Å². The molecule has 0 bridgehead atoms. The number of nitrogens with one attached hydrogen (secondary N) is 1. The Labute approximate surface area is 175 Å². The summed E-state index contributed by atoms with van der Waals surface area (Å²) in [6.45, 7) is 0.764. The summed E-state index contributed by atoms with van der Waals surface area (Å²) in [5.74, 6) is -0.0192. The smallest absolute Gasteiger partial charge is 0.235 e. The lowest BCUT2D eigenvalue weighted by Crippen LogP contribution is -2.28. The molecule has 0 radical (unpaired) electrons. The highest BCUT2D eigenvalue weighted by molar-refractivity contribution is 7.93. The predicted molar refractivity (Wildman–Crippen MR) is 114 cm³/mol. The molecule has 0 aliphatic carbocycles. The maximum atomic E-state index is 12.7. The molecule has 30 heavy (non-hydrogen) atoms. The van der Waals surface area contributed by atoms with Crippen LogP contribution in [0.1, 0.15) is 12.8 Å². The normalized spacial score (nSPS) is 20.4. The quantitative estimate of drug-likeness (QED) is 0.786. The van der Waals surface area contributed by atoms with Gasteiger partial charge < -0.3 is 15.0 Å². The molecular weight excluding hydrogens is 406 g/mol. The van der Waals surface area contributed by atoms with Gasteiger partial charge in [-0.3, -0.25) is 13.9 Å². The molecule has 4 rings (SSSR count). The maximum absolute atomic E-state index is 12.7. The second-order valence-electron chi connectivity index (χ2n) is 7.38. The molecule has 9 heteroatoms. The van der Waals surface area contributed by atoms with Crippen molar-refractivity contribution in [1.82, 2.24) is 0 Å². The molecule has 0 unspecified atom stereocenters. The van der Waals surface area contributed by atoms with Crippen molar-refractivity contribution in [1.29, 1.82) is 0 Å². The molecular formula is C21H23N3O5S. The van der Waals surface area contributed by atoms with Crippen LogP contribution in [0.25, 0.3) is 0 Å². The van der Waals surface area contributed by atoms with Crippen molar-refractivity contribution in [2.45, 2.75) is 12.8 Å². The minimum Gasteiger partial charge on any atom is -0.497 e. The Morgan fingerprint density at radius 3 is 2.57 bits per heavy atom. The molecule has 2 aromatic rings. The van der Waals surface area contributed by atoms with Gasteiger partial charge in [-0.05, 0) is 42.8 Å². The number of nitrogens with zero attached hydrogens (tertiary/aromatic N) is 2. The van der Waals surface area contributed by atoms with Crippen LogP contribution >= 0.6 is 0 Å². The summed E-state index contributed by atoms with van der Waals surface area (Å²) in [6.07, 6.45) is 0.744. The van der Waals surface area contributed by atoms with Gasteiger partial charge in [-0.1, -0.05) is 6.07 Å². The number of benzene rings is 2. The van der Waals surface area contributed by atoms with Gasteiger partial charge in [0.15, 0.2) is 0 Å². The third-order valence-electron chi connectivity index (χ3n) is 5.38. The van der Waals surface area contributed by atoms with E-state index in [1.807, 2.05) is 6.07 Å². The first-order valence-corrected chi connectivity index (χ1v) is 11.3. The Bertz CT molecular complexity index is 1070. The van der Waals surface area contributed by atoms with E-state index < -0.39 is 15.9 Å². The molecule has 0 saturated carbocycles. The number of hydrogen-bond acceptors (Lipinski definition) is 5. The molecule has 0 aromatic heterocycles. The largest absolute Gasteiger partial charge is 0.497 e. The number of anilines is 3. The van der Waals surface area contributed by atoms with Crippen LogP contribution in [0.4, 0.5) is 17.1 Å². The van der Waals surface area contributed by atoms with Crippen LogP contribution < -0.4 is 19.3 Å². The predicted octanol–water partition coefficient (Wildman–Crippen LogP) is 2.23. The average Bonchev–Trinajstić information content (AvgIpc) is 3.30. The van der Waals surface area contributed by atoms with Gasteiger partial charge in [-0.15, -0.1) is 0 Å². The summed E-state index contributed by atoms with van der Waals surface area (Å²) >= 11 is 0. The van der Waals surface area contributed by atoms with Gasteiger partial charge in [-0.2, -0.15) is 0 Å². The topological polar surface area (TPSA) is 96.0 Å². The monoisotopic (exact) mass is 429 g/mol. The fraction of sp³-hybridized carbons (Fsp3) is 0.333. The van der Waals surface area contributed by atoms with E-state index in [-0.39, 0.29) is 24.0 Å². The summed E-state index contributed by atoms with van der Waals surface area (Å²) in [5, 5.41) is 2.83. The number of amides is 2. The summed E-state index contributed by atoms with van der Waals surface area (Å²) < 4.78 is 30.7. The van der Waals surface area contributed by atoms with Crippen molar-refractivity contribution < 1.29 is 22.7 Å². The van der Waals surface area contributed by atoms with Gasteiger partial charge in [0, 0.05) is 37.0 Å². The van der Waals surface area contributed by atoms with Crippen LogP contribution in [0.3, 0.4) is 0 Å². The first-order valence-electron chi connectivity index (χ1n) is 9.73. The Balaban J connectivity index is 1.41. The number of ether oxygens (including phenoxy) is 1. The SMILES string of the molecule is COc1cccc(N2C[C@H](C(=O)Nc3ccc(N4CCCS4(=O)=O)cc3)CC2=O)c1. The van der Waals surface area contributed by atoms with E-state index in [1.54, 1.807) is 54.5 Å². The Morgan fingerprint density at radius 2 is 1.90 bits per heavy atom. The van der Waals surface area contributed by atoms with Gasteiger partial charge >= 0.3 is 0 Å². The lowest BCUT2D eigenvalue weighted by molar-refractivity contribution is -0.122. The number of carbonyl (C=O) groups is 2. The van der Waals surface area contributed by atoms with Crippen molar-refractivity contribution in [3.05, 3.63) is 48.5 Å². The maximum Gasteiger partial charge on any atom is 0.235 e. The molecule has 0 spiro atoms. The zero-order valence-corrected chi connectivity index (χ0v) is 17.4. The molecule has 158 valence electrons. The number of carbonyl (C=O) groups excluding carboxylic acids is 2. The number of methoxy groups -OCH3 is 1. The zero-order chi connectivity index (χ0) is 21.3. The van der Waals surface area contributed by atoms with Crippen molar-refractivity contribution in [3.63, 3.8) is 0 Å². The van der Waals surface area contributed by atoms with Gasteiger partial charge in [-0.25, -0.2) is 8.42 Å². The fourth-order valence-corrected chi connectivity index (χ4v) is 5.36. The number of sulfonamides is 1. The molecule has 2 aliphatic rings. The average molecular weight is 429 g/mol. The minimum atomic E-state index is -3.24. The van der Waals surface area contributed by atoms with Gasteiger partial charge in [0.2, 0.25) is 21.8 Å². The lowest BCUT2D eigenvalue weighted by atomic mass is 10.1. The highest BCUT2D eigenvalue weighted by Gasteiger charge is 2.35. The van der Waals surface area contributed by atoms with E-state index in [0.29, 0.717) is 42.3 Å². The standard InChI is InChI=1S/C21H23N3O5S/c1-29-19-5-2-4-18(13-19)23-14-15(12-20(23)25)21(26)22-16-6-8-17(9-7-16)24-10-3-11-30(24,27)28/h2,4-9,13,15H,3,10-12,14H2,1H3,(H,22,26)/t15-/m1/s1. The second kappa shape index (κ2) is 7.98. The van der Waals surface area contributed by atoms with Crippen LogP contribution in [0, 0.1) is 5.92 Å². The first-order chi connectivity index (χ1) is 14.4. The summed E-state index contributed by atoms with van der Waals surface area (Å²) in [4.78, 5) is 26.7. The number of hydrogen-bond donors (Lipinski definition) is 1. The fourth-order valence-electron chi connectivity index (χ4n) is 3.80. The van der Waals surface area contributed by atoms with E-state index in [9.17, 15) is 18.0 Å². The van der Waals surface area contributed by atoms with E-state index >= 15 is 0 Å². The van der Waals surface area contributed by atoms with Crippen LogP contribution in [0.5, 0.6) is 5.75 Å². The van der Waals surface area contributed by atoms with Crippen LogP contribution in [-0.4, -0.2) is 46.2 Å². The third kappa shape index (κ3) is 3.97. The van der Waals surface area contributed by atoms with Gasteiger partial charge in [0.25, 0.3) is 0 Å². The summed E-state index contributed by atoms with van der Waals surface area (Å²) in [5.41, 5.74) is 1.85. The van der Waals surface area contributed by atoms with E-state index in [1.165, 1.54) is 4.31 Å². The van der Waals surface area contributed by atoms with Crippen molar-refractivity contribution in [3.8, 4) is 5.75 Å². The molecule has 2 fully saturated rings. The van der Waals surface area contributed by atoms with Gasteiger partial charge in [0.05, 0.1) is 24.5 Å². The zero-order valence-electron chi connectivity index (χ0n) is 16.6. The molecule has 2 heterocycles. The summed E-state index contributed by atoms with van der Waals surface area (Å²) in [7, 11) is -1.68. The summed E-state index contributed by atoms with van der Waals surface area (Å²) in [6, 6.07) is 13.9. The number of rotatable bonds is 5. The van der Waals surface area contributed by atoms with Gasteiger partial charge in [0.1, 0.15) is 5.75 Å². The lowest BCUT2D eigenvalue weighted by Gasteiger charge is -2.18. The third-order valence-corrected chi connectivity index (χ3v) is 7.25. The second-order valence-corrected chi connectivity index (χ2v) is 9.40. The van der Waals surface area contributed by atoms with Crippen LogP contribution in [0.2, 0.25) is 0 Å². The van der Waals surface area contributed by atoms with E-state index in [4.69, 9.17) is 4.74 Å². The Kier molecular flexibility index (Phi) is 5.38. The Hall–Kier alpha value is -3.07. The molecule has 2 amide bonds. The molecule has 2 aliphatic heterocycles.